The summed E-state index contributed by atoms with van der Waals surface area (Å²) in [6.45, 7) is -0.170. The predicted octanol–water partition coefficient (Wildman–Crippen LogP) is 4.91. The minimum Gasteiger partial charge on any atom is -0.381 e. The highest BCUT2D eigenvalue weighted by Gasteiger charge is 2.33. The van der Waals surface area contributed by atoms with Gasteiger partial charge in [0.15, 0.2) is 0 Å². The molecule has 0 aromatic heterocycles. The van der Waals surface area contributed by atoms with E-state index in [0.29, 0.717) is 12.1 Å². The fraction of sp³-hybridized carbons (Fsp3) is 0.350. The van der Waals surface area contributed by atoms with Crippen molar-refractivity contribution in [3.63, 3.8) is 0 Å². The Hall–Kier alpha value is -2.25. The van der Waals surface area contributed by atoms with Crippen molar-refractivity contribution in [3.05, 3.63) is 58.1 Å². The Morgan fingerprint density at radius 3 is 2.79 bits per heavy atom. The van der Waals surface area contributed by atoms with E-state index in [1.807, 2.05) is 18.2 Å². The fourth-order valence-corrected chi connectivity index (χ4v) is 3.53. The van der Waals surface area contributed by atoms with E-state index in [2.05, 4.69) is 10.6 Å². The minimum absolute atomic E-state index is 0.110. The zero-order valence-corrected chi connectivity index (χ0v) is 16.0. The quantitative estimate of drug-likeness (QED) is 0.733. The monoisotopic (exact) mass is 412 g/mol. The Morgan fingerprint density at radius 2 is 2.07 bits per heavy atom. The fourth-order valence-electron chi connectivity index (χ4n) is 3.30. The smallest absolute Gasteiger partial charge is 0.381 e. The van der Waals surface area contributed by atoms with Gasteiger partial charge in [-0.2, -0.15) is 13.2 Å². The molecular weight excluding hydrogens is 393 g/mol. The molecule has 1 amide bonds. The summed E-state index contributed by atoms with van der Waals surface area (Å²) >= 11 is 5.60. The van der Waals surface area contributed by atoms with E-state index in [1.165, 1.54) is 11.6 Å². The second kappa shape index (κ2) is 8.41. The van der Waals surface area contributed by atoms with Gasteiger partial charge in [0.25, 0.3) is 0 Å². The number of fused-ring (bicyclic) bond motifs is 1. The average molecular weight is 413 g/mol. The van der Waals surface area contributed by atoms with E-state index in [4.69, 9.17) is 16.3 Å². The van der Waals surface area contributed by atoms with Crippen LogP contribution in [0.25, 0.3) is 0 Å². The summed E-state index contributed by atoms with van der Waals surface area (Å²) in [5, 5.41) is 5.16. The van der Waals surface area contributed by atoms with Gasteiger partial charge in [0.05, 0.1) is 23.2 Å². The number of ether oxygens (including phenoxy) is 1. The van der Waals surface area contributed by atoms with Crippen LogP contribution in [-0.2, 0) is 28.5 Å². The van der Waals surface area contributed by atoms with Crippen LogP contribution < -0.4 is 10.6 Å². The lowest BCUT2D eigenvalue weighted by Gasteiger charge is -2.25. The van der Waals surface area contributed by atoms with Gasteiger partial charge in [-0.15, -0.1) is 0 Å². The Morgan fingerprint density at radius 1 is 1.29 bits per heavy atom. The normalized spacial score (nSPS) is 16.4. The van der Waals surface area contributed by atoms with Gasteiger partial charge in [-0.25, -0.2) is 0 Å². The third-order valence-corrected chi connectivity index (χ3v) is 5.10. The molecule has 2 N–H and O–H groups in total. The van der Waals surface area contributed by atoms with Crippen LogP contribution >= 0.6 is 11.6 Å². The largest absolute Gasteiger partial charge is 0.417 e. The standard InChI is InChI=1S/C20H20ClF3N2O2/c1-28-14-7-5-12-3-2-4-18(15(12)10-14)26-19(27)11-25-13-6-8-17(21)16(9-13)20(22,23)24/h2-4,6,8-9,14,25H,5,7,10-11H2,1H3,(H,26,27). The molecule has 2 aromatic carbocycles. The van der Waals surface area contributed by atoms with Crippen LogP contribution in [-0.4, -0.2) is 25.7 Å². The molecule has 3 rings (SSSR count). The SMILES string of the molecule is COC1CCc2cccc(NC(=O)CNc3ccc(Cl)c(C(F)(F)F)c3)c2C1. The van der Waals surface area contributed by atoms with E-state index in [9.17, 15) is 18.0 Å². The first kappa shape index (κ1) is 20.5. The molecule has 0 bridgehead atoms. The molecule has 0 saturated heterocycles. The van der Waals surface area contributed by atoms with E-state index in [1.54, 1.807) is 7.11 Å². The topological polar surface area (TPSA) is 50.4 Å². The second-order valence-electron chi connectivity index (χ2n) is 6.64. The number of nitrogens with one attached hydrogen (secondary N) is 2. The van der Waals surface area contributed by atoms with Gasteiger partial charge in [0.1, 0.15) is 0 Å². The highest BCUT2D eigenvalue weighted by Crippen LogP contribution is 2.36. The number of carbonyl (C=O) groups excluding carboxylic acids is 1. The number of methoxy groups -OCH3 is 1. The maximum atomic E-state index is 12.9. The van der Waals surface area contributed by atoms with Gasteiger partial charge >= 0.3 is 6.18 Å². The zero-order valence-electron chi connectivity index (χ0n) is 15.2. The Balaban J connectivity index is 1.66. The molecule has 0 aliphatic heterocycles. The molecule has 1 atom stereocenters. The molecular formula is C20H20ClF3N2O2. The third kappa shape index (κ3) is 4.77. The number of halogens is 4. The number of aryl methyl sites for hydroxylation is 1. The van der Waals surface area contributed by atoms with Crippen molar-refractivity contribution in [2.24, 2.45) is 0 Å². The maximum Gasteiger partial charge on any atom is 0.417 e. The number of amides is 1. The van der Waals surface area contributed by atoms with Crippen molar-refractivity contribution < 1.29 is 22.7 Å². The summed E-state index contributed by atoms with van der Waals surface area (Å²) in [5.41, 5.74) is 2.15. The lowest BCUT2D eigenvalue weighted by atomic mass is 9.88. The molecule has 1 unspecified atom stereocenters. The van der Waals surface area contributed by atoms with E-state index in [-0.39, 0.29) is 29.3 Å². The molecule has 1 aliphatic rings. The Bertz CT molecular complexity index is 871. The number of hydrogen-bond donors (Lipinski definition) is 2. The summed E-state index contributed by atoms with van der Waals surface area (Å²) in [6.07, 6.45) is -1.93. The Kier molecular flexibility index (Phi) is 6.15. The number of rotatable bonds is 5. The summed E-state index contributed by atoms with van der Waals surface area (Å²) in [7, 11) is 1.67. The highest BCUT2D eigenvalue weighted by molar-refractivity contribution is 6.31. The van der Waals surface area contributed by atoms with E-state index < -0.39 is 11.7 Å². The Labute approximate surface area is 166 Å². The van der Waals surface area contributed by atoms with Gasteiger partial charge in [-0.1, -0.05) is 23.7 Å². The van der Waals surface area contributed by atoms with Crippen LogP contribution in [0.3, 0.4) is 0 Å². The molecule has 0 fully saturated rings. The lowest BCUT2D eigenvalue weighted by Crippen LogP contribution is -2.26. The summed E-state index contributed by atoms with van der Waals surface area (Å²) in [5.74, 6) is -0.351. The van der Waals surface area contributed by atoms with Crippen molar-refractivity contribution >= 4 is 28.9 Å². The van der Waals surface area contributed by atoms with E-state index in [0.717, 1.165) is 30.5 Å². The van der Waals surface area contributed by atoms with Gasteiger partial charge < -0.3 is 15.4 Å². The highest BCUT2D eigenvalue weighted by atomic mass is 35.5. The van der Waals surface area contributed by atoms with Crippen molar-refractivity contribution in [1.29, 1.82) is 0 Å². The van der Waals surface area contributed by atoms with Crippen LogP contribution in [0.15, 0.2) is 36.4 Å². The molecule has 8 heteroatoms. The molecule has 0 radical (unpaired) electrons. The summed E-state index contributed by atoms with van der Waals surface area (Å²) in [4.78, 5) is 12.3. The first-order valence-corrected chi connectivity index (χ1v) is 9.19. The molecule has 0 spiro atoms. The molecule has 28 heavy (non-hydrogen) atoms. The molecule has 4 nitrogen and oxygen atoms in total. The number of benzene rings is 2. The maximum absolute atomic E-state index is 12.9. The first-order valence-electron chi connectivity index (χ1n) is 8.82. The summed E-state index contributed by atoms with van der Waals surface area (Å²) < 4.78 is 44.2. The number of carbonyl (C=O) groups is 1. The number of alkyl halides is 3. The van der Waals surface area contributed by atoms with Crippen molar-refractivity contribution in [1.82, 2.24) is 0 Å². The number of anilines is 2. The third-order valence-electron chi connectivity index (χ3n) is 4.77. The van der Waals surface area contributed by atoms with Crippen LogP contribution in [0.4, 0.5) is 24.5 Å². The van der Waals surface area contributed by atoms with Crippen LogP contribution in [0.5, 0.6) is 0 Å². The van der Waals surface area contributed by atoms with Crippen LogP contribution in [0.1, 0.15) is 23.1 Å². The van der Waals surface area contributed by atoms with Gasteiger partial charge in [0.2, 0.25) is 5.91 Å². The van der Waals surface area contributed by atoms with Crippen molar-refractivity contribution in [2.75, 3.05) is 24.3 Å². The van der Waals surface area contributed by atoms with Gasteiger partial charge in [-0.05, 0) is 48.2 Å². The molecule has 0 heterocycles. The van der Waals surface area contributed by atoms with Crippen molar-refractivity contribution in [2.45, 2.75) is 31.5 Å². The molecule has 0 saturated carbocycles. The minimum atomic E-state index is -4.56. The lowest BCUT2D eigenvalue weighted by molar-refractivity contribution is -0.137. The second-order valence-corrected chi connectivity index (χ2v) is 7.05. The van der Waals surface area contributed by atoms with Crippen LogP contribution in [0.2, 0.25) is 5.02 Å². The van der Waals surface area contributed by atoms with Gasteiger partial charge in [-0.3, -0.25) is 4.79 Å². The first-order chi connectivity index (χ1) is 13.3. The van der Waals surface area contributed by atoms with E-state index >= 15 is 0 Å². The van der Waals surface area contributed by atoms with Crippen molar-refractivity contribution in [3.8, 4) is 0 Å². The van der Waals surface area contributed by atoms with Gasteiger partial charge in [0, 0.05) is 24.9 Å². The molecule has 1 aliphatic carbocycles. The summed E-state index contributed by atoms with van der Waals surface area (Å²) in [6, 6.07) is 9.18. The van der Waals surface area contributed by atoms with Crippen LogP contribution in [0, 0.1) is 0 Å². The molecule has 150 valence electrons. The average Bonchev–Trinajstić information content (AvgIpc) is 2.66. The molecule has 2 aromatic rings. The zero-order chi connectivity index (χ0) is 20.3. The predicted molar refractivity (Wildman–Crippen MR) is 103 cm³/mol. The number of hydrogen-bond acceptors (Lipinski definition) is 3.